The number of carbonyl (C=O) groups excluding carboxylic acids is 1. The number of rotatable bonds is 2. The molecule has 0 spiro atoms. The Bertz CT molecular complexity index is 609. The molecule has 0 radical (unpaired) electrons. The average Bonchev–Trinajstić information content (AvgIpc) is 2.87. The van der Waals surface area contributed by atoms with Crippen LogP contribution in [-0.4, -0.2) is 42.0 Å². The Morgan fingerprint density at radius 2 is 1.95 bits per heavy atom. The first kappa shape index (κ1) is 13.7. The van der Waals surface area contributed by atoms with Crippen molar-refractivity contribution in [2.45, 2.75) is 13.8 Å². The molecule has 1 fully saturated rings. The highest BCUT2D eigenvalue weighted by molar-refractivity contribution is 5.92. The van der Waals surface area contributed by atoms with Crippen LogP contribution in [0, 0.1) is 13.8 Å². The van der Waals surface area contributed by atoms with Crippen molar-refractivity contribution in [3.8, 4) is 0 Å². The van der Waals surface area contributed by atoms with Gasteiger partial charge in [0.25, 0.3) is 5.91 Å². The lowest BCUT2D eigenvalue weighted by molar-refractivity contribution is 0.0713. The van der Waals surface area contributed by atoms with Crippen molar-refractivity contribution in [2.24, 2.45) is 0 Å². The molecule has 0 aromatic carbocycles. The second kappa shape index (κ2) is 5.60. The third kappa shape index (κ3) is 2.77. The van der Waals surface area contributed by atoms with Gasteiger partial charge in [-0.25, -0.2) is 4.98 Å². The molecule has 1 aliphatic heterocycles. The quantitative estimate of drug-likeness (QED) is 0.849. The molecule has 0 aliphatic carbocycles. The van der Waals surface area contributed by atoms with Crippen molar-refractivity contribution in [1.82, 2.24) is 9.88 Å². The van der Waals surface area contributed by atoms with Gasteiger partial charge >= 0.3 is 0 Å². The van der Waals surface area contributed by atoms with E-state index in [4.69, 9.17) is 4.42 Å². The van der Waals surface area contributed by atoms with Crippen LogP contribution in [0.25, 0.3) is 0 Å². The van der Waals surface area contributed by atoms with Crippen LogP contribution < -0.4 is 4.90 Å². The van der Waals surface area contributed by atoms with Gasteiger partial charge in [0.1, 0.15) is 11.6 Å². The first-order valence-corrected chi connectivity index (χ1v) is 7.17. The van der Waals surface area contributed by atoms with Gasteiger partial charge < -0.3 is 14.2 Å². The van der Waals surface area contributed by atoms with E-state index in [2.05, 4.69) is 9.88 Å². The van der Waals surface area contributed by atoms with E-state index in [0.29, 0.717) is 18.8 Å². The summed E-state index contributed by atoms with van der Waals surface area (Å²) in [4.78, 5) is 20.8. The lowest BCUT2D eigenvalue weighted by Gasteiger charge is -2.34. The van der Waals surface area contributed by atoms with Gasteiger partial charge in [-0.3, -0.25) is 4.79 Å². The molecule has 0 unspecified atom stereocenters. The summed E-state index contributed by atoms with van der Waals surface area (Å²) in [6, 6.07) is 7.71. The van der Waals surface area contributed by atoms with Crippen LogP contribution >= 0.6 is 0 Å². The van der Waals surface area contributed by atoms with Crippen molar-refractivity contribution in [1.29, 1.82) is 0 Å². The van der Waals surface area contributed by atoms with Crippen molar-refractivity contribution in [3.05, 3.63) is 47.5 Å². The predicted molar refractivity (Wildman–Crippen MR) is 80.5 cm³/mol. The molecule has 0 bridgehead atoms. The molecule has 0 saturated carbocycles. The maximum atomic E-state index is 12.4. The monoisotopic (exact) mass is 285 g/mol. The number of furan rings is 1. The van der Waals surface area contributed by atoms with E-state index in [1.165, 1.54) is 0 Å². The van der Waals surface area contributed by atoms with Crippen molar-refractivity contribution in [3.63, 3.8) is 0 Å². The zero-order valence-corrected chi connectivity index (χ0v) is 12.4. The molecular weight excluding hydrogens is 266 g/mol. The zero-order valence-electron chi connectivity index (χ0n) is 12.4. The van der Waals surface area contributed by atoms with E-state index in [0.717, 1.165) is 30.2 Å². The van der Waals surface area contributed by atoms with Gasteiger partial charge in [0.05, 0.1) is 0 Å². The maximum absolute atomic E-state index is 12.4. The minimum atomic E-state index is -0.0214. The molecule has 2 aromatic heterocycles. The molecule has 3 rings (SSSR count). The number of carbonyl (C=O) groups is 1. The topological polar surface area (TPSA) is 49.6 Å². The molecule has 1 amide bonds. The summed E-state index contributed by atoms with van der Waals surface area (Å²) in [5.74, 6) is 2.20. The zero-order chi connectivity index (χ0) is 14.8. The molecule has 21 heavy (non-hydrogen) atoms. The van der Waals surface area contributed by atoms with Gasteiger partial charge in [-0.05, 0) is 37.6 Å². The Morgan fingerprint density at radius 1 is 1.19 bits per heavy atom. The lowest BCUT2D eigenvalue weighted by atomic mass is 10.2. The number of nitrogens with zero attached hydrogens (tertiary/aromatic N) is 3. The second-order valence-electron chi connectivity index (χ2n) is 5.32. The number of hydrogen-bond acceptors (Lipinski definition) is 4. The maximum Gasteiger partial charge on any atom is 0.289 e. The van der Waals surface area contributed by atoms with Crippen molar-refractivity contribution < 1.29 is 9.21 Å². The predicted octanol–water partition coefficient (Wildman–Crippen LogP) is 2.25. The fourth-order valence-electron chi connectivity index (χ4n) is 2.51. The van der Waals surface area contributed by atoms with Crippen LogP contribution in [0.5, 0.6) is 0 Å². The smallest absolute Gasteiger partial charge is 0.289 e. The average molecular weight is 285 g/mol. The van der Waals surface area contributed by atoms with E-state index in [9.17, 15) is 4.79 Å². The van der Waals surface area contributed by atoms with Gasteiger partial charge in [0.15, 0.2) is 5.76 Å². The number of hydrogen-bond donors (Lipinski definition) is 0. The van der Waals surface area contributed by atoms with Crippen LogP contribution in [0.15, 0.2) is 34.9 Å². The summed E-state index contributed by atoms with van der Waals surface area (Å²) >= 11 is 0. The van der Waals surface area contributed by atoms with Crippen molar-refractivity contribution in [2.75, 3.05) is 31.1 Å². The van der Waals surface area contributed by atoms with Crippen LogP contribution in [0.2, 0.25) is 0 Å². The standard InChI is InChI=1S/C16H19N3O2/c1-12-11-14(21-13(12)2)16(20)19-9-7-18(8-10-19)15-5-3-4-6-17-15/h3-6,11H,7-10H2,1-2H3. The third-order valence-electron chi connectivity index (χ3n) is 3.92. The Balaban J connectivity index is 1.64. The minimum Gasteiger partial charge on any atom is -0.456 e. The van der Waals surface area contributed by atoms with Crippen LogP contribution in [0.1, 0.15) is 21.9 Å². The normalized spacial score (nSPS) is 15.3. The van der Waals surface area contributed by atoms with E-state index >= 15 is 0 Å². The first-order valence-electron chi connectivity index (χ1n) is 7.17. The SMILES string of the molecule is Cc1cc(C(=O)N2CCN(c3ccccn3)CC2)oc1C. The number of piperazine rings is 1. The summed E-state index contributed by atoms with van der Waals surface area (Å²) in [5, 5.41) is 0. The fourth-order valence-corrected chi connectivity index (χ4v) is 2.51. The molecule has 0 atom stereocenters. The lowest BCUT2D eigenvalue weighted by Crippen LogP contribution is -2.49. The molecule has 5 nitrogen and oxygen atoms in total. The number of aryl methyl sites for hydroxylation is 2. The molecule has 0 N–H and O–H groups in total. The Morgan fingerprint density at radius 3 is 2.52 bits per heavy atom. The Labute approximate surface area is 124 Å². The molecular formula is C16H19N3O2. The number of pyridine rings is 1. The highest BCUT2D eigenvalue weighted by atomic mass is 16.4. The largest absolute Gasteiger partial charge is 0.456 e. The molecule has 1 saturated heterocycles. The van der Waals surface area contributed by atoms with Gasteiger partial charge in [0, 0.05) is 32.4 Å². The summed E-state index contributed by atoms with van der Waals surface area (Å²) in [7, 11) is 0. The summed E-state index contributed by atoms with van der Waals surface area (Å²) < 4.78 is 5.52. The van der Waals surface area contributed by atoms with Crippen LogP contribution in [0.3, 0.4) is 0 Å². The van der Waals surface area contributed by atoms with Gasteiger partial charge in [-0.1, -0.05) is 6.07 Å². The molecule has 110 valence electrons. The van der Waals surface area contributed by atoms with E-state index in [-0.39, 0.29) is 5.91 Å². The molecule has 1 aliphatic rings. The molecule has 3 heterocycles. The first-order chi connectivity index (χ1) is 10.1. The summed E-state index contributed by atoms with van der Waals surface area (Å²) in [6.45, 7) is 6.80. The third-order valence-corrected chi connectivity index (χ3v) is 3.92. The molecule has 5 heteroatoms. The van der Waals surface area contributed by atoms with E-state index in [1.807, 2.05) is 43.0 Å². The number of aromatic nitrogens is 1. The highest BCUT2D eigenvalue weighted by Gasteiger charge is 2.25. The fraction of sp³-hybridized carbons (Fsp3) is 0.375. The van der Waals surface area contributed by atoms with Crippen LogP contribution in [-0.2, 0) is 0 Å². The number of anilines is 1. The summed E-state index contributed by atoms with van der Waals surface area (Å²) in [6.07, 6.45) is 1.79. The van der Waals surface area contributed by atoms with E-state index < -0.39 is 0 Å². The molecule has 2 aromatic rings. The second-order valence-corrected chi connectivity index (χ2v) is 5.32. The summed E-state index contributed by atoms with van der Waals surface area (Å²) in [5.41, 5.74) is 1.02. The van der Waals surface area contributed by atoms with Gasteiger partial charge in [-0.15, -0.1) is 0 Å². The van der Waals surface area contributed by atoms with Gasteiger partial charge in [0.2, 0.25) is 0 Å². The Hall–Kier alpha value is -2.30. The van der Waals surface area contributed by atoms with Gasteiger partial charge in [-0.2, -0.15) is 0 Å². The van der Waals surface area contributed by atoms with Crippen LogP contribution in [0.4, 0.5) is 5.82 Å². The minimum absolute atomic E-state index is 0.0214. The van der Waals surface area contributed by atoms with Crippen molar-refractivity contribution >= 4 is 11.7 Å². The Kier molecular flexibility index (Phi) is 3.64. The number of amides is 1. The highest BCUT2D eigenvalue weighted by Crippen LogP contribution is 2.18. The van der Waals surface area contributed by atoms with E-state index in [1.54, 1.807) is 6.20 Å².